The van der Waals surface area contributed by atoms with Gasteiger partial charge in [-0.2, -0.15) is 0 Å². The quantitative estimate of drug-likeness (QED) is 0.0222. The Bertz CT molecular complexity index is 2030. The number of hydrogen-bond acceptors (Lipinski definition) is 15. The molecule has 0 aliphatic rings. The van der Waals surface area contributed by atoms with Crippen molar-refractivity contribution in [1.29, 1.82) is 0 Å². The molecular weight excluding hydrogens is 1350 g/mol. The van der Waals surface area contributed by atoms with Crippen molar-refractivity contribution < 1.29 is 80.2 Å². The fraction of sp³-hybridized carbons (Fsp3) is 0.953. The summed E-state index contributed by atoms with van der Waals surface area (Å²) in [6.07, 6.45) is 62.6. The summed E-state index contributed by atoms with van der Waals surface area (Å²) >= 11 is 0. The molecule has 0 aliphatic heterocycles. The molecule has 0 aromatic heterocycles. The van der Waals surface area contributed by atoms with E-state index in [1.807, 2.05) is 0 Å². The second kappa shape index (κ2) is 73.8. The Hall–Kier alpha value is -1.94. The normalized spacial score (nSPS) is 14.2. The van der Waals surface area contributed by atoms with E-state index in [2.05, 4.69) is 55.4 Å². The van der Waals surface area contributed by atoms with Crippen LogP contribution in [0.5, 0.6) is 0 Å². The molecule has 0 saturated heterocycles. The van der Waals surface area contributed by atoms with Gasteiger partial charge in [0.05, 0.1) is 26.4 Å². The topological polar surface area (TPSA) is 237 Å². The average molecular weight is 1520 g/mol. The molecule has 0 heterocycles. The zero-order valence-electron chi connectivity index (χ0n) is 68.7. The van der Waals surface area contributed by atoms with Gasteiger partial charge in [-0.25, -0.2) is 9.13 Å². The predicted molar refractivity (Wildman–Crippen MR) is 428 cm³/mol. The zero-order chi connectivity index (χ0) is 76.7. The Labute approximate surface area is 638 Å². The standard InChI is InChI=1S/C85H166O17P2/c1-9-78(8)64-56-48-43-44-50-58-66-83(88)96-72-81(102-85(90)68-60-52-42-36-30-24-27-33-39-47-55-63-77(6)7)74-100-104(93,94)98-70-79(86)69-97-103(91,92)99-73-80(101-84(89)67-59-51-41-35-29-23-19-15-14-17-21-26-32-38-46-54-62-76(4)5)71-95-82(87)65-57-49-40-34-28-22-18-13-11-10-12-16-20-25-31-37-45-53-61-75(2)3/h75-81,86H,9-74H2,1-8H3,(H,91,92)(H,93,94)/t78?,79-,80-,81-/m1/s1. The third-order valence-corrected chi connectivity index (χ3v) is 22.1. The van der Waals surface area contributed by atoms with Crippen molar-refractivity contribution in [3.8, 4) is 0 Å². The minimum absolute atomic E-state index is 0.105. The number of aliphatic hydroxyl groups is 1. The third kappa shape index (κ3) is 76.8. The maximum atomic E-state index is 13.1. The van der Waals surface area contributed by atoms with Crippen molar-refractivity contribution in [2.24, 2.45) is 23.7 Å². The summed E-state index contributed by atoms with van der Waals surface area (Å²) < 4.78 is 68.8. The molecule has 0 saturated carbocycles. The maximum Gasteiger partial charge on any atom is 0.472 e. The van der Waals surface area contributed by atoms with Crippen LogP contribution in [0, 0.1) is 23.7 Å². The van der Waals surface area contributed by atoms with Gasteiger partial charge in [-0.1, -0.05) is 389 Å². The van der Waals surface area contributed by atoms with Crippen LogP contribution in [0.4, 0.5) is 0 Å². The van der Waals surface area contributed by atoms with Crippen molar-refractivity contribution in [1.82, 2.24) is 0 Å². The van der Waals surface area contributed by atoms with Crippen LogP contribution in [0.1, 0.15) is 441 Å². The summed E-state index contributed by atoms with van der Waals surface area (Å²) in [5.74, 6) is 1.02. The zero-order valence-corrected chi connectivity index (χ0v) is 70.5. The van der Waals surface area contributed by atoms with E-state index in [0.29, 0.717) is 25.7 Å². The van der Waals surface area contributed by atoms with Gasteiger partial charge in [0, 0.05) is 25.7 Å². The fourth-order valence-electron chi connectivity index (χ4n) is 13.1. The largest absolute Gasteiger partial charge is 0.472 e. The van der Waals surface area contributed by atoms with Gasteiger partial charge in [-0.3, -0.25) is 37.3 Å². The van der Waals surface area contributed by atoms with E-state index in [1.54, 1.807) is 0 Å². The summed E-state index contributed by atoms with van der Waals surface area (Å²) in [5, 5.41) is 10.7. The Balaban J connectivity index is 5.22. The van der Waals surface area contributed by atoms with Gasteiger partial charge in [0.2, 0.25) is 0 Å². The fourth-order valence-corrected chi connectivity index (χ4v) is 14.7. The first-order chi connectivity index (χ1) is 50.1. The predicted octanol–water partition coefficient (Wildman–Crippen LogP) is 25.6. The van der Waals surface area contributed by atoms with Gasteiger partial charge >= 0.3 is 39.5 Å². The molecule has 0 aromatic rings. The molecule has 0 aromatic carbocycles. The molecule has 0 rings (SSSR count). The number of carbonyl (C=O) groups excluding carboxylic acids is 4. The summed E-state index contributed by atoms with van der Waals surface area (Å²) in [7, 11) is -9.93. The molecule has 0 radical (unpaired) electrons. The second-order valence-corrected chi connectivity index (χ2v) is 35.2. The van der Waals surface area contributed by atoms with Crippen LogP contribution in [-0.2, 0) is 65.4 Å². The van der Waals surface area contributed by atoms with E-state index in [1.165, 1.54) is 238 Å². The van der Waals surface area contributed by atoms with Crippen molar-refractivity contribution in [2.75, 3.05) is 39.6 Å². The summed E-state index contributed by atoms with van der Waals surface area (Å²) in [6, 6.07) is 0. The number of rotatable bonds is 82. The minimum atomic E-state index is -4.97. The molecule has 6 atom stereocenters. The molecule has 17 nitrogen and oxygen atoms in total. The number of phosphoric ester groups is 2. The lowest BCUT2D eigenvalue weighted by atomic mass is 10.00. The third-order valence-electron chi connectivity index (χ3n) is 20.2. The summed E-state index contributed by atoms with van der Waals surface area (Å²) in [5.41, 5.74) is 0. The van der Waals surface area contributed by atoms with E-state index in [4.69, 9.17) is 37.0 Å². The van der Waals surface area contributed by atoms with Crippen LogP contribution in [0.2, 0.25) is 0 Å². The molecule has 618 valence electrons. The van der Waals surface area contributed by atoms with E-state index < -0.39 is 97.5 Å². The lowest BCUT2D eigenvalue weighted by molar-refractivity contribution is -0.161. The highest BCUT2D eigenvalue weighted by molar-refractivity contribution is 7.47. The lowest BCUT2D eigenvalue weighted by Gasteiger charge is -2.21. The SMILES string of the molecule is CCC(C)CCCCCCCCC(=O)OC[C@H](COP(=O)(O)OC[C@H](O)COP(=O)(O)OC[C@@H](COC(=O)CCCCCCCCCCCCCCCCCCCCC(C)C)OC(=O)CCCCCCCCCCCCCCCCCCC(C)C)OC(=O)CCCCCCCCCCCCCC(C)C. The summed E-state index contributed by atoms with van der Waals surface area (Å²) in [4.78, 5) is 73.2. The summed E-state index contributed by atoms with van der Waals surface area (Å²) in [6.45, 7) is 14.3. The lowest BCUT2D eigenvalue weighted by Crippen LogP contribution is -2.30. The number of unbranched alkanes of at least 4 members (excludes halogenated alkanes) is 47. The van der Waals surface area contributed by atoms with E-state index >= 15 is 0 Å². The Kier molecular flexibility index (Phi) is 72.5. The van der Waals surface area contributed by atoms with Crippen LogP contribution in [0.25, 0.3) is 0 Å². The molecule has 0 aliphatic carbocycles. The van der Waals surface area contributed by atoms with E-state index in [0.717, 1.165) is 120 Å². The van der Waals surface area contributed by atoms with Crippen LogP contribution in [-0.4, -0.2) is 96.7 Å². The van der Waals surface area contributed by atoms with Crippen molar-refractivity contribution in [3.05, 3.63) is 0 Å². The highest BCUT2D eigenvalue weighted by Crippen LogP contribution is 2.45. The van der Waals surface area contributed by atoms with Gasteiger partial charge in [-0.05, 0) is 49.4 Å². The van der Waals surface area contributed by atoms with Crippen LogP contribution < -0.4 is 0 Å². The second-order valence-electron chi connectivity index (χ2n) is 32.2. The van der Waals surface area contributed by atoms with Crippen molar-refractivity contribution >= 4 is 39.5 Å². The highest BCUT2D eigenvalue weighted by atomic mass is 31.2. The van der Waals surface area contributed by atoms with Gasteiger partial charge in [0.25, 0.3) is 0 Å². The first-order valence-electron chi connectivity index (χ1n) is 43.7. The number of carbonyl (C=O) groups is 4. The van der Waals surface area contributed by atoms with Crippen molar-refractivity contribution in [2.45, 2.75) is 459 Å². The molecule has 104 heavy (non-hydrogen) atoms. The molecular formula is C85H166O17P2. The van der Waals surface area contributed by atoms with Crippen molar-refractivity contribution in [3.63, 3.8) is 0 Å². The Morgan fingerprint density at radius 3 is 0.683 bits per heavy atom. The first kappa shape index (κ1) is 102. The van der Waals surface area contributed by atoms with Crippen LogP contribution in [0.3, 0.4) is 0 Å². The Morgan fingerprint density at radius 1 is 0.269 bits per heavy atom. The van der Waals surface area contributed by atoms with Gasteiger partial charge < -0.3 is 33.8 Å². The number of esters is 4. The van der Waals surface area contributed by atoms with Crippen LogP contribution in [0.15, 0.2) is 0 Å². The van der Waals surface area contributed by atoms with E-state index in [-0.39, 0.29) is 25.7 Å². The molecule has 0 fully saturated rings. The molecule has 0 amide bonds. The smallest absolute Gasteiger partial charge is 0.462 e. The van der Waals surface area contributed by atoms with Gasteiger partial charge in [-0.15, -0.1) is 0 Å². The molecule has 19 heteroatoms. The number of aliphatic hydroxyl groups excluding tert-OH is 1. The molecule has 0 bridgehead atoms. The molecule has 0 spiro atoms. The number of hydrogen-bond donors (Lipinski definition) is 3. The van der Waals surface area contributed by atoms with Crippen LogP contribution >= 0.6 is 15.6 Å². The first-order valence-corrected chi connectivity index (χ1v) is 46.7. The minimum Gasteiger partial charge on any atom is -0.462 e. The molecule has 3 unspecified atom stereocenters. The average Bonchev–Trinajstić information content (AvgIpc) is 0.909. The maximum absolute atomic E-state index is 13.1. The number of ether oxygens (including phenoxy) is 4. The monoisotopic (exact) mass is 1520 g/mol. The van der Waals surface area contributed by atoms with E-state index in [9.17, 15) is 43.2 Å². The highest BCUT2D eigenvalue weighted by Gasteiger charge is 2.30. The van der Waals surface area contributed by atoms with Gasteiger partial charge in [0.15, 0.2) is 12.2 Å². The molecule has 3 N–H and O–H groups in total. The van der Waals surface area contributed by atoms with Gasteiger partial charge in [0.1, 0.15) is 19.3 Å². The number of phosphoric acid groups is 2. The Morgan fingerprint density at radius 2 is 0.462 bits per heavy atom.